The van der Waals surface area contributed by atoms with Crippen LogP contribution in [0.3, 0.4) is 0 Å². The lowest BCUT2D eigenvalue weighted by Crippen LogP contribution is -2.56. The maximum atomic E-state index is 5.49. The molecule has 1 aliphatic carbocycles. The second-order valence-electron chi connectivity index (χ2n) is 5.63. The molecule has 0 aliphatic heterocycles. The van der Waals surface area contributed by atoms with E-state index in [9.17, 15) is 0 Å². The van der Waals surface area contributed by atoms with Crippen molar-refractivity contribution in [2.24, 2.45) is 5.73 Å². The van der Waals surface area contributed by atoms with Crippen LogP contribution in [0.15, 0.2) is 0 Å². The third kappa shape index (κ3) is 4.53. The minimum atomic E-state index is 0.442. The van der Waals surface area contributed by atoms with Crippen LogP contribution in [0.5, 0.6) is 0 Å². The molecule has 0 bridgehead atoms. The van der Waals surface area contributed by atoms with Gasteiger partial charge in [0.15, 0.2) is 0 Å². The van der Waals surface area contributed by atoms with Crippen LogP contribution < -0.4 is 5.73 Å². The number of thiocarbonyl (C=S) groups is 1. The lowest BCUT2D eigenvalue weighted by Gasteiger charge is -2.49. The van der Waals surface area contributed by atoms with Gasteiger partial charge in [-0.2, -0.15) is 0 Å². The zero-order valence-corrected chi connectivity index (χ0v) is 12.4. The third-order valence-electron chi connectivity index (χ3n) is 4.01. The molecule has 2 N–H and O–H groups in total. The molecule has 0 aromatic carbocycles. The minimum absolute atomic E-state index is 0.442. The first-order valence-corrected chi connectivity index (χ1v) is 7.01. The highest BCUT2D eigenvalue weighted by Gasteiger charge is 2.39. The first kappa shape index (κ1) is 14.9. The summed E-state index contributed by atoms with van der Waals surface area (Å²) in [6, 6.07) is 0. The van der Waals surface area contributed by atoms with Crippen molar-refractivity contribution >= 4 is 17.2 Å². The zero-order chi connectivity index (χ0) is 12.9. The van der Waals surface area contributed by atoms with Gasteiger partial charge >= 0.3 is 0 Å². The van der Waals surface area contributed by atoms with Crippen molar-refractivity contribution in [1.29, 1.82) is 0 Å². The molecule has 100 valence electrons. The molecule has 0 unspecified atom stereocenters. The molecular formula is C13H27N3S. The smallest absolute Gasteiger partial charge is 0.0727 e. The van der Waals surface area contributed by atoms with Gasteiger partial charge in [-0.15, -0.1) is 0 Å². The topological polar surface area (TPSA) is 32.5 Å². The molecule has 0 heterocycles. The number of hydrogen-bond donors (Lipinski definition) is 1. The number of nitrogens with two attached hydrogens (primary N) is 1. The van der Waals surface area contributed by atoms with Crippen LogP contribution in [0.2, 0.25) is 0 Å². The third-order valence-corrected chi connectivity index (χ3v) is 4.21. The van der Waals surface area contributed by atoms with Gasteiger partial charge in [0.25, 0.3) is 0 Å². The summed E-state index contributed by atoms with van der Waals surface area (Å²) < 4.78 is 0. The van der Waals surface area contributed by atoms with Crippen molar-refractivity contribution in [2.45, 2.75) is 44.1 Å². The summed E-state index contributed by atoms with van der Waals surface area (Å²) in [7, 11) is 6.64. The predicted molar refractivity (Wildman–Crippen MR) is 78.4 cm³/mol. The van der Waals surface area contributed by atoms with E-state index in [4.69, 9.17) is 18.0 Å². The Hall–Kier alpha value is -0.190. The van der Waals surface area contributed by atoms with Crippen molar-refractivity contribution in [2.75, 3.05) is 34.2 Å². The van der Waals surface area contributed by atoms with Crippen molar-refractivity contribution in [3.63, 3.8) is 0 Å². The molecule has 0 atom stereocenters. The highest BCUT2D eigenvalue weighted by molar-refractivity contribution is 7.80. The highest BCUT2D eigenvalue weighted by Crippen LogP contribution is 2.36. The molecule has 1 fully saturated rings. The van der Waals surface area contributed by atoms with Crippen LogP contribution in [0.25, 0.3) is 0 Å². The average Bonchev–Trinajstić information content (AvgIpc) is 2.17. The Morgan fingerprint density at radius 2 is 1.88 bits per heavy atom. The first-order valence-electron chi connectivity index (χ1n) is 6.60. The van der Waals surface area contributed by atoms with E-state index in [2.05, 4.69) is 30.9 Å². The standard InChI is InChI=1S/C13H27N3S/c1-15(2)13(8-6-9-13)11-16(3)10-5-4-7-12(14)17/h4-11H2,1-3H3,(H2,14,17). The van der Waals surface area contributed by atoms with E-state index in [1.54, 1.807) is 0 Å². The van der Waals surface area contributed by atoms with Gasteiger partial charge in [-0.05, 0) is 66.2 Å². The normalized spacial score (nSPS) is 18.4. The molecule has 0 aromatic heterocycles. The van der Waals surface area contributed by atoms with Gasteiger partial charge in [0.1, 0.15) is 0 Å². The van der Waals surface area contributed by atoms with Gasteiger partial charge in [-0.1, -0.05) is 12.2 Å². The van der Waals surface area contributed by atoms with Gasteiger partial charge in [-0.25, -0.2) is 0 Å². The number of nitrogens with zero attached hydrogens (tertiary/aromatic N) is 2. The van der Waals surface area contributed by atoms with Gasteiger partial charge in [0.05, 0.1) is 4.99 Å². The Kier molecular flexibility index (Phi) is 5.83. The van der Waals surface area contributed by atoms with Gasteiger partial charge in [-0.3, -0.25) is 0 Å². The molecule has 4 heteroatoms. The SMILES string of the molecule is CN(CCCCC(N)=S)CC1(N(C)C)CCC1. The molecular weight excluding hydrogens is 230 g/mol. The Morgan fingerprint density at radius 3 is 2.29 bits per heavy atom. The predicted octanol–water partition coefficient (Wildman–Crippen LogP) is 1.86. The average molecular weight is 257 g/mol. The van der Waals surface area contributed by atoms with Crippen LogP contribution >= 0.6 is 12.2 Å². The maximum absolute atomic E-state index is 5.49. The number of rotatable bonds is 8. The fourth-order valence-corrected chi connectivity index (χ4v) is 2.74. The fraction of sp³-hybridized carbons (Fsp3) is 0.923. The van der Waals surface area contributed by atoms with E-state index < -0.39 is 0 Å². The second kappa shape index (κ2) is 6.66. The molecule has 0 saturated heterocycles. The van der Waals surface area contributed by atoms with Crippen molar-refractivity contribution in [3.05, 3.63) is 0 Å². The minimum Gasteiger partial charge on any atom is -0.393 e. The van der Waals surface area contributed by atoms with Crippen molar-refractivity contribution < 1.29 is 0 Å². The Bertz CT molecular complexity index is 249. The highest BCUT2D eigenvalue weighted by atomic mass is 32.1. The monoisotopic (exact) mass is 257 g/mol. The van der Waals surface area contributed by atoms with Gasteiger partial charge in [0, 0.05) is 12.1 Å². The van der Waals surface area contributed by atoms with E-state index in [-0.39, 0.29) is 0 Å². The van der Waals surface area contributed by atoms with Crippen LogP contribution in [0, 0.1) is 0 Å². The van der Waals surface area contributed by atoms with Crippen molar-refractivity contribution in [1.82, 2.24) is 9.80 Å². The maximum Gasteiger partial charge on any atom is 0.0727 e. The molecule has 17 heavy (non-hydrogen) atoms. The molecule has 1 aliphatic rings. The molecule has 0 radical (unpaired) electrons. The van der Waals surface area contributed by atoms with Gasteiger partial charge < -0.3 is 15.5 Å². The largest absolute Gasteiger partial charge is 0.393 e. The molecule has 1 saturated carbocycles. The summed E-state index contributed by atoms with van der Waals surface area (Å²) in [5.74, 6) is 0. The summed E-state index contributed by atoms with van der Waals surface area (Å²) in [5, 5.41) is 0. The van der Waals surface area contributed by atoms with Crippen LogP contribution in [-0.2, 0) is 0 Å². The molecule has 0 amide bonds. The molecule has 0 aromatic rings. The van der Waals surface area contributed by atoms with E-state index in [0.29, 0.717) is 10.5 Å². The number of likely N-dealkylation sites (N-methyl/N-ethyl adjacent to an activating group) is 2. The lowest BCUT2D eigenvalue weighted by atomic mass is 9.75. The Balaban J connectivity index is 2.20. The first-order chi connectivity index (χ1) is 7.96. The van der Waals surface area contributed by atoms with Gasteiger partial charge in [0.2, 0.25) is 0 Å². The summed E-state index contributed by atoms with van der Waals surface area (Å²) in [6.45, 7) is 2.34. The van der Waals surface area contributed by atoms with E-state index in [0.717, 1.165) is 19.4 Å². The van der Waals surface area contributed by atoms with Crippen LogP contribution in [0.1, 0.15) is 38.5 Å². The van der Waals surface area contributed by atoms with E-state index >= 15 is 0 Å². The summed E-state index contributed by atoms with van der Waals surface area (Å²) in [4.78, 5) is 5.51. The lowest BCUT2D eigenvalue weighted by molar-refractivity contribution is 0.0276. The number of hydrogen-bond acceptors (Lipinski definition) is 3. The summed E-state index contributed by atoms with van der Waals surface area (Å²) >= 11 is 4.88. The molecule has 0 spiro atoms. The van der Waals surface area contributed by atoms with Crippen LogP contribution in [0.4, 0.5) is 0 Å². The number of unbranched alkanes of at least 4 members (excludes halogenated alkanes) is 1. The van der Waals surface area contributed by atoms with Crippen molar-refractivity contribution in [3.8, 4) is 0 Å². The van der Waals surface area contributed by atoms with Crippen LogP contribution in [-0.4, -0.2) is 54.6 Å². The summed E-state index contributed by atoms with van der Waals surface area (Å²) in [5.41, 5.74) is 5.94. The fourth-order valence-electron chi connectivity index (χ4n) is 2.59. The second-order valence-corrected chi connectivity index (χ2v) is 6.16. The Morgan fingerprint density at radius 1 is 1.24 bits per heavy atom. The summed E-state index contributed by atoms with van der Waals surface area (Å²) in [6.07, 6.45) is 7.27. The zero-order valence-electron chi connectivity index (χ0n) is 11.5. The van der Waals surface area contributed by atoms with E-state index in [1.807, 2.05) is 0 Å². The van der Waals surface area contributed by atoms with E-state index in [1.165, 1.54) is 32.2 Å². The molecule has 1 rings (SSSR count). The Labute approximate surface area is 111 Å². The molecule has 3 nitrogen and oxygen atoms in total. The quantitative estimate of drug-likeness (QED) is 0.531.